The summed E-state index contributed by atoms with van der Waals surface area (Å²) in [6, 6.07) is 10.7. The van der Waals surface area contributed by atoms with Gasteiger partial charge in [-0.2, -0.15) is 0 Å². The molecule has 2 amide bonds. The number of aromatic nitrogens is 1. The molecule has 2 atom stereocenters. The molecule has 0 aliphatic carbocycles. The SMILES string of the molecule is O=C(Nc1ccc2c(c1)OCCO2)N1CC2CC(C1)c1cccc(=O)n1C2. The van der Waals surface area contributed by atoms with Crippen molar-refractivity contribution in [2.45, 2.75) is 18.9 Å². The minimum Gasteiger partial charge on any atom is -0.486 e. The van der Waals surface area contributed by atoms with Crippen molar-refractivity contribution in [2.24, 2.45) is 5.92 Å². The van der Waals surface area contributed by atoms with Crippen molar-refractivity contribution in [3.8, 4) is 11.5 Å². The van der Waals surface area contributed by atoms with Gasteiger partial charge in [0.1, 0.15) is 13.2 Å². The summed E-state index contributed by atoms with van der Waals surface area (Å²) in [6.45, 7) is 3.02. The lowest BCUT2D eigenvalue weighted by Gasteiger charge is -2.42. The lowest BCUT2D eigenvalue weighted by atomic mass is 9.83. The molecule has 1 aromatic carbocycles. The first-order chi connectivity index (χ1) is 13.2. The zero-order valence-electron chi connectivity index (χ0n) is 14.9. The largest absolute Gasteiger partial charge is 0.486 e. The molecule has 0 radical (unpaired) electrons. The van der Waals surface area contributed by atoms with E-state index in [2.05, 4.69) is 5.32 Å². The van der Waals surface area contributed by atoms with E-state index in [0.717, 1.165) is 12.1 Å². The van der Waals surface area contributed by atoms with Crippen molar-refractivity contribution in [3.63, 3.8) is 0 Å². The Balaban J connectivity index is 1.33. The van der Waals surface area contributed by atoms with Crippen LogP contribution in [0.1, 0.15) is 18.0 Å². The smallest absolute Gasteiger partial charge is 0.321 e. The zero-order valence-corrected chi connectivity index (χ0v) is 14.9. The standard InChI is InChI=1S/C20H21N3O4/c24-19-3-1-2-16-14-8-13(11-23(16)19)10-22(12-14)20(25)21-15-4-5-17-18(9-15)27-7-6-26-17/h1-5,9,13-14H,6-8,10-12H2,(H,21,25). The molecule has 4 heterocycles. The average molecular weight is 367 g/mol. The van der Waals surface area contributed by atoms with Gasteiger partial charge in [0.25, 0.3) is 5.56 Å². The Hall–Kier alpha value is -2.96. The van der Waals surface area contributed by atoms with Gasteiger partial charge in [-0.25, -0.2) is 4.79 Å². The molecule has 1 fully saturated rings. The highest BCUT2D eigenvalue weighted by molar-refractivity contribution is 5.90. The number of carbonyl (C=O) groups is 1. The van der Waals surface area contributed by atoms with Crippen molar-refractivity contribution in [1.29, 1.82) is 0 Å². The number of amides is 2. The number of fused-ring (bicyclic) bond motifs is 5. The molecular weight excluding hydrogens is 346 g/mol. The highest BCUT2D eigenvalue weighted by Gasteiger charge is 2.36. The summed E-state index contributed by atoms with van der Waals surface area (Å²) in [7, 11) is 0. The summed E-state index contributed by atoms with van der Waals surface area (Å²) in [5.41, 5.74) is 1.78. The molecule has 2 aromatic rings. The van der Waals surface area contributed by atoms with Gasteiger partial charge >= 0.3 is 6.03 Å². The van der Waals surface area contributed by atoms with Gasteiger partial charge < -0.3 is 24.3 Å². The van der Waals surface area contributed by atoms with Gasteiger partial charge in [-0.05, 0) is 30.5 Å². The van der Waals surface area contributed by atoms with Crippen LogP contribution in [-0.2, 0) is 6.54 Å². The lowest BCUT2D eigenvalue weighted by Crippen LogP contribution is -2.50. The van der Waals surface area contributed by atoms with Crippen LogP contribution in [0.5, 0.6) is 11.5 Å². The third-order valence-corrected chi connectivity index (χ3v) is 5.56. The van der Waals surface area contributed by atoms with Gasteiger partial charge in [-0.15, -0.1) is 0 Å². The zero-order chi connectivity index (χ0) is 18.4. The summed E-state index contributed by atoms with van der Waals surface area (Å²) in [4.78, 5) is 26.8. The normalized spacial score (nSPS) is 22.7. The number of hydrogen-bond donors (Lipinski definition) is 1. The molecule has 0 saturated carbocycles. The first-order valence-electron chi connectivity index (χ1n) is 9.33. The maximum absolute atomic E-state index is 12.8. The average Bonchev–Trinajstić information content (AvgIpc) is 2.68. The topological polar surface area (TPSA) is 72.8 Å². The quantitative estimate of drug-likeness (QED) is 0.839. The second-order valence-electron chi connectivity index (χ2n) is 7.39. The van der Waals surface area contributed by atoms with Gasteiger partial charge in [0.15, 0.2) is 11.5 Å². The van der Waals surface area contributed by atoms with E-state index in [9.17, 15) is 9.59 Å². The number of nitrogens with zero attached hydrogens (tertiary/aromatic N) is 2. The van der Waals surface area contributed by atoms with E-state index in [1.54, 1.807) is 12.1 Å². The summed E-state index contributed by atoms with van der Waals surface area (Å²) < 4.78 is 13.0. The summed E-state index contributed by atoms with van der Waals surface area (Å²) in [5, 5.41) is 2.97. The number of pyridine rings is 1. The van der Waals surface area contributed by atoms with Crippen molar-refractivity contribution in [2.75, 3.05) is 31.6 Å². The summed E-state index contributed by atoms with van der Waals surface area (Å²) in [5.74, 6) is 1.87. The number of anilines is 1. The molecule has 1 N–H and O–H groups in total. The number of benzene rings is 1. The van der Waals surface area contributed by atoms with Crippen LogP contribution in [0.25, 0.3) is 0 Å². The number of ether oxygens (including phenoxy) is 2. The number of likely N-dealkylation sites (tertiary alicyclic amines) is 1. The molecule has 1 aromatic heterocycles. The Labute approximate surface area is 156 Å². The Morgan fingerprint density at radius 1 is 1.04 bits per heavy atom. The first kappa shape index (κ1) is 16.2. The summed E-state index contributed by atoms with van der Waals surface area (Å²) in [6.07, 6.45) is 1.03. The maximum Gasteiger partial charge on any atom is 0.321 e. The maximum atomic E-state index is 12.8. The van der Waals surface area contributed by atoms with E-state index >= 15 is 0 Å². The van der Waals surface area contributed by atoms with Crippen molar-refractivity contribution < 1.29 is 14.3 Å². The number of rotatable bonds is 1. The number of piperidine rings is 1. The van der Waals surface area contributed by atoms with Gasteiger partial charge in [-0.3, -0.25) is 4.79 Å². The molecule has 5 rings (SSSR count). The van der Waals surface area contributed by atoms with E-state index in [1.165, 1.54) is 0 Å². The molecular formula is C20H21N3O4. The molecule has 2 bridgehead atoms. The third-order valence-electron chi connectivity index (χ3n) is 5.56. The monoisotopic (exact) mass is 367 g/mol. The van der Waals surface area contributed by atoms with Crippen molar-refractivity contribution in [3.05, 3.63) is 52.4 Å². The molecule has 2 unspecified atom stereocenters. The van der Waals surface area contributed by atoms with Gasteiger partial charge in [0.05, 0.1) is 0 Å². The van der Waals surface area contributed by atoms with Gasteiger partial charge in [-0.1, -0.05) is 6.07 Å². The van der Waals surface area contributed by atoms with E-state index in [-0.39, 0.29) is 17.5 Å². The number of carbonyl (C=O) groups excluding carboxylic acids is 1. The van der Waals surface area contributed by atoms with E-state index in [4.69, 9.17) is 9.47 Å². The lowest BCUT2D eigenvalue weighted by molar-refractivity contribution is 0.139. The van der Waals surface area contributed by atoms with Crippen molar-refractivity contribution >= 4 is 11.7 Å². The predicted molar refractivity (Wildman–Crippen MR) is 99.6 cm³/mol. The molecule has 27 heavy (non-hydrogen) atoms. The number of hydrogen-bond acceptors (Lipinski definition) is 4. The highest BCUT2D eigenvalue weighted by Crippen LogP contribution is 2.36. The second-order valence-corrected chi connectivity index (χ2v) is 7.39. The fourth-order valence-electron chi connectivity index (χ4n) is 4.39. The summed E-state index contributed by atoms with van der Waals surface area (Å²) >= 11 is 0. The minimum absolute atomic E-state index is 0.0522. The van der Waals surface area contributed by atoms with Crippen molar-refractivity contribution in [1.82, 2.24) is 9.47 Å². The van der Waals surface area contributed by atoms with Crippen LogP contribution in [0.15, 0.2) is 41.2 Å². The molecule has 1 saturated heterocycles. The molecule has 3 aliphatic rings. The Kier molecular flexibility index (Phi) is 3.81. The van der Waals surface area contributed by atoms with E-state index in [1.807, 2.05) is 33.7 Å². The van der Waals surface area contributed by atoms with E-state index in [0.29, 0.717) is 56.0 Å². The third kappa shape index (κ3) is 2.93. The van der Waals surface area contributed by atoms with Gasteiger partial charge in [0, 0.05) is 49.1 Å². The van der Waals surface area contributed by atoms with Crippen LogP contribution in [0, 0.1) is 5.92 Å². The molecule has 7 nitrogen and oxygen atoms in total. The van der Waals surface area contributed by atoms with Crippen LogP contribution in [-0.4, -0.2) is 41.8 Å². The highest BCUT2D eigenvalue weighted by atomic mass is 16.6. The van der Waals surface area contributed by atoms with Crippen LogP contribution in [0.3, 0.4) is 0 Å². The Morgan fingerprint density at radius 2 is 1.89 bits per heavy atom. The Bertz CT molecular complexity index is 954. The molecule has 7 heteroatoms. The molecule has 3 aliphatic heterocycles. The van der Waals surface area contributed by atoms with Crippen LogP contribution in [0.2, 0.25) is 0 Å². The fourth-order valence-corrected chi connectivity index (χ4v) is 4.39. The fraction of sp³-hybridized carbons (Fsp3) is 0.400. The molecule has 140 valence electrons. The predicted octanol–water partition coefficient (Wildman–Crippen LogP) is 2.27. The van der Waals surface area contributed by atoms with Gasteiger partial charge in [0.2, 0.25) is 0 Å². The van der Waals surface area contributed by atoms with Crippen LogP contribution in [0.4, 0.5) is 10.5 Å². The number of urea groups is 1. The van der Waals surface area contributed by atoms with Crippen LogP contribution >= 0.6 is 0 Å². The van der Waals surface area contributed by atoms with Crippen LogP contribution < -0.4 is 20.3 Å². The molecule has 0 spiro atoms. The first-order valence-corrected chi connectivity index (χ1v) is 9.33. The minimum atomic E-state index is -0.117. The Morgan fingerprint density at radius 3 is 2.78 bits per heavy atom. The second kappa shape index (κ2) is 6.33. The van der Waals surface area contributed by atoms with E-state index < -0.39 is 0 Å². The number of nitrogens with one attached hydrogen (secondary N) is 1.